The number of carbonyl (C=O) groups is 2. The molecular formula is C29H50O3. The van der Waals surface area contributed by atoms with Crippen molar-refractivity contribution in [2.45, 2.75) is 130 Å². The van der Waals surface area contributed by atoms with E-state index in [4.69, 9.17) is 4.74 Å². The van der Waals surface area contributed by atoms with Crippen LogP contribution in [0.15, 0.2) is 0 Å². The molecule has 0 amide bonds. The van der Waals surface area contributed by atoms with E-state index < -0.39 is 5.41 Å². The molecule has 3 aliphatic rings. The summed E-state index contributed by atoms with van der Waals surface area (Å²) in [6.45, 7) is 6.86. The Hall–Kier alpha value is -0.860. The molecule has 3 saturated carbocycles. The van der Waals surface area contributed by atoms with E-state index in [9.17, 15) is 9.59 Å². The first kappa shape index (κ1) is 25.8. The summed E-state index contributed by atoms with van der Waals surface area (Å²) in [5.41, 5.74) is -0.894. The Morgan fingerprint density at radius 3 is 1.94 bits per heavy atom. The van der Waals surface area contributed by atoms with E-state index in [1.165, 1.54) is 77.0 Å². The molecule has 0 saturated heterocycles. The average molecular weight is 447 g/mol. The summed E-state index contributed by atoms with van der Waals surface area (Å²) in [4.78, 5) is 25.8. The second-order valence-corrected chi connectivity index (χ2v) is 11.7. The smallest absolute Gasteiger partial charge is 0.319 e. The maximum Gasteiger partial charge on any atom is 0.319 e. The number of unbranched alkanes of at least 4 members (excludes halogenated alkanes) is 4. The van der Waals surface area contributed by atoms with Gasteiger partial charge in [0.1, 0.15) is 11.2 Å². The van der Waals surface area contributed by atoms with Crippen molar-refractivity contribution < 1.29 is 14.3 Å². The highest BCUT2D eigenvalue weighted by Crippen LogP contribution is 2.47. The van der Waals surface area contributed by atoms with Crippen molar-refractivity contribution >= 4 is 11.8 Å². The molecular weight excluding hydrogens is 396 g/mol. The number of hydrogen-bond donors (Lipinski definition) is 0. The molecule has 0 unspecified atom stereocenters. The molecule has 32 heavy (non-hydrogen) atoms. The zero-order valence-corrected chi connectivity index (χ0v) is 21.3. The Bertz CT molecular complexity index is 583. The van der Waals surface area contributed by atoms with Gasteiger partial charge >= 0.3 is 5.97 Å². The largest absolute Gasteiger partial charge is 0.465 e. The molecule has 0 heterocycles. The molecule has 3 aliphatic carbocycles. The lowest BCUT2D eigenvalue weighted by Crippen LogP contribution is -2.44. The van der Waals surface area contributed by atoms with Gasteiger partial charge in [0.25, 0.3) is 0 Å². The summed E-state index contributed by atoms with van der Waals surface area (Å²) < 4.78 is 5.55. The van der Waals surface area contributed by atoms with E-state index in [0.717, 1.165) is 37.0 Å². The van der Waals surface area contributed by atoms with E-state index >= 15 is 0 Å². The number of Topliss-reactive ketones (excluding diaryl/α,β-unsaturated/α-hetero) is 1. The van der Waals surface area contributed by atoms with Gasteiger partial charge in [0, 0.05) is 6.42 Å². The van der Waals surface area contributed by atoms with Gasteiger partial charge in [0.15, 0.2) is 0 Å². The Labute approximate surface area is 197 Å². The van der Waals surface area contributed by atoms with E-state index in [2.05, 4.69) is 13.8 Å². The lowest BCUT2D eigenvalue weighted by atomic mass is 9.62. The number of carbonyl (C=O) groups excluding carboxylic acids is 2. The molecule has 0 N–H and O–H groups in total. The number of rotatable bonds is 10. The van der Waals surface area contributed by atoms with Crippen LogP contribution < -0.4 is 0 Å². The van der Waals surface area contributed by atoms with Crippen LogP contribution in [0.1, 0.15) is 130 Å². The fourth-order valence-electron chi connectivity index (χ4n) is 6.98. The van der Waals surface area contributed by atoms with Crippen molar-refractivity contribution in [1.82, 2.24) is 0 Å². The summed E-state index contributed by atoms with van der Waals surface area (Å²) in [6, 6.07) is 0. The number of hydrogen-bond acceptors (Lipinski definition) is 3. The number of esters is 1. The number of ether oxygens (including phenoxy) is 1. The van der Waals surface area contributed by atoms with Crippen molar-refractivity contribution in [3.8, 4) is 0 Å². The molecule has 0 aliphatic heterocycles. The van der Waals surface area contributed by atoms with Crippen molar-refractivity contribution in [2.75, 3.05) is 6.61 Å². The molecule has 3 rings (SSSR count). The van der Waals surface area contributed by atoms with Crippen LogP contribution in [0.3, 0.4) is 0 Å². The Morgan fingerprint density at radius 1 is 0.812 bits per heavy atom. The first-order valence-electron chi connectivity index (χ1n) is 14.2. The maximum absolute atomic E-state index is 13.1. The zero-order chi connectivity index (χ0) is 23.0. The van der Waals surface area contributed by atoms with E-state index in [0.29, 0.717) is 31.3 Å². The molecule has 2 atom stereocenters. The summed E-state index contributed by atoms with van der Waals surface area (Å²) in [6.07, 6.45) is 20.5. The SMILES string of the molecule is CCCCCCCOC(=O)[C@@]1(C)CC[C@@H](C2CCC([C@H]3CC[C@H](CC)CC3)CC2)CC1=O. The van der Waals surface area contributed by atoms with Crippen molar-refractivity contribution in [2.24, 2.45) is 35.0 Å². The fraction of sp³-hybridized carbons (Fsp3) is 0.931. The fourth-order valence-corrected chi connectivity index (χ4v) is 6.98. The minimum absolute atomic E-state index is 0.143. The normalized spacial score (nSPS) is 36.1. The number of ketones is 1. The molecule has 0 aromatic rings. The first-order chi connectivity index (χ1) is 15.5. The summed E-state index contributed by atoms with van der Waals surface area (Å²) in [7, 11) is 0. The van der Waals surface area contributed by atoms with E-state index in [-0.39, 0.29) is 11.8 Å². The van der Waals surface area contributed by atoms with Crippen LogP contribution in [-0.4, -0.2) is 18.4 Å². The second kappa shape index (κ2) is 12.6. The van der Waals surface area contributed by atoms with Gasteiger partial charge in [0.2, 0.25) is 0 Å². The molecule has 0 aromatic carbocycles. The van der Waals surface area contributed by atoms with Gasteiger partial charge in [-0.2, -0.15) is 0 Å². The minimum Gasteiger partial charge on any atom is -0.465 e. The molecule has 0 spiro atoms. The van der Waals surface area contributed by atoms with Crippen LogP contribution in [0.25, 0.3) is 0 Å². The lowest BCUT2D eigenvalue weighted by Gasteiger charge is -2.42. The van der Waals surface area contributed by atoms with Gasteiger partial charge < -0.3 is 4.74 Å². The quantitative estimate of drug-likeness (QED) is 0.194. The summed E-state index contributed by atoms with van der Waals surface area (Å²) in [5, 5.41) is 0. The first-order valence-corrected chi connectivity index (χ1v) is 14.2. The van der Waals surface area contributed by atoms with Gasteiger partial charge in [-0.3, -0.25) is 9.59 Å². The molecule has 3 fully saturated rings. The topological polar surface area (TPSA) is 43.4 Å². The maximum atomic E-state index is 13.1. The van der Waals surface area contributed by atoms with Gasteiger partial charge in [-0.25, -0.2) is 0 Å². The van der Waals surface area contributed by atoms with Crippen LogP contribution in [0.5, 0.6) is 0 Å². The minimum atomic E-state index is -0.894. The van der Waals surface area contributed by atoms with Crippen molar-refractivity contribution in [3.63, 3.8) is 0 Å². The van der Waals surface area contributed by atoms with Gasteiger partial charge in [-0.1, -0.05) is 58.8 Å². The predicted molar refractivity (Wildman–Crippen MR) is 131 cm³/mol. The van der Waals surface area contributed by atoms with Crippen molar-refractivity contribution in [1.29, 1.82) is 0 Å². The van der Waals surface area contributed by atoms with E-state index in [1.807, 2.05) is 6.92 Å². The lowest BCUT2D eigenvalue weighted by molar-refractivity contribution is -0.162. The van der Waals surface area contributed by atoms with E-state index in [1.54, 1.807) is 0 Å². The molecule has 0 bridgehead atoms. The third kappa shape index (κ3) is 6.60. The monoisotopic (exact) mass is 446 g/mol. The van der Waals surface area contributed by atoms with Crippen LogP contribution >= 0.6 is 0 Å². The standard InChI is InChI=1S/C29H50O3/c1-4-6-7-8-9-20-32-28(31)29(3)19-18-26(21-27(29)30)25-16-14-24(15-17-25)23-12-10-22(5-2)11-13-23/h22-26H,4-21H2,1-3H3/t22-,23-,24?,25?,26-,29+/m1/s1. The molecule has 184 valence electrons. The summed E-state index contributed by atoms with van der Waals surface area (Å²) in [5.74, 6) is 3.95. The Morgan fingerprint density at radius 2 is 1.38 bits per heavy atom. The summed E-state index contributed by atoms with van der Waals surface area (Å²) >= 11 is 0. The zero-order valence-electron chi connectivity index (χ0n) is 21.3. The van der Waals surface area contributed by atoms with Gasteiger partial charge in [-0.05, 0) is 94.3 Å². The predicted octanol–water partition coefficient (Wildman–Crippen LogP) is 7.90. The van der Waals surface area contributed by atoms with Crippen LogP contribution in [0, 0.1) is 35.0 Å². The molecule has 3 heteroatoms. The van der Waals surface area contributed by atoms with Crippen LogP contribution in [0.2, 0.25) is 0 Å². The molecule has 0 radical (unpaired) electrons. The highest BCUT2D eigenvalue weighted by atomic mass is 16.5. The molecule has 3 nitrogen and oxygen atoms in total. The average Bonchev–Trinajstić information content (AvgIpc) is 2.83. The van der Waals surface area contributed by atoms with Crippen molar-refractivity contribution in [3.05, 3.63) is 0 Å². The van der Waals surface area contributed by atoms with Gasteiger partial charge in [-0.15, -0.1) is 0 Å². The Kier molecular flexibility index (Phi) is 10.1. The Balaban J connectivity index is 1.38. The highest BCUT2D eigenvalue weighted by molar-refractivity contribution is 6.04. The van der Waals surface area contributed by atoms with Crippen LogP contribution in [-0.2, 0) is 14.3 Å². The third-order valence-corrected chi connectivity index (χ3v) is 9.63. The van der Waals surface area contributed by atoms with Gasteiger partial charge in [0.05, 0.1) is 6.61 Å². The molecule has 0 aromatic heterocycles. The van der Waals surface area contributed by atoms with Crippen LogP contribution in [0.4, 0.5) is 0 Å². The highest BCUT2D eigenvalue weighted by Gasteiger charge is 2.47. The third-order valence-electron chi connectivity index (χ3n) is 9.63. The second-order valence-electron chi connectivity index (χ2n) is 11.7.